The summed E-state index contributed by atoms with van der Waals surface area (Å²) in [5.41, 5.74) is 5.29. The topological polar surface area (TPSA) is 88.5 Å². The largest absolute Gasteiger partial charge is 0.478 e. The Balaban J connectivity index is 2.29. The number of halogens is 1. The predicted molar refractivity (Wildman–Crippen MR) is 73.3 cm³/mol. The number of benzene rings is 1. The Morgan fingerprint density at radius 2 is 2.15 bits per heavy atom. The molecule has 0 saturated heterocycles. The summed E-state index contributed by atoms with van der Waals surface area (Å²) < 4.78 is 19.2. The number of aryl methyl sites for hydroxylation is 1. The van der Waals surface area contributed by atoms with E-state index in [0.717, 1.165) is 11.8 Å². The lowest BCUT2D eigenvalue weighted by molar-refractivity contribution is 0.0698. The van der Waals surface area contributed by atoms with Crippen LogP contribution >= 0.6 is 0 Å². The molecule has 0 aliphatic heterocycles. The molecule has 4 N–H and O–H groups in total. The molecule has 0 bridgehead atoms. The highest BCUT2D eigenvalue weighted by Crippen LogP contribution is 2.26. The molecule has 106 valence electrons. The number of furan rings is 1. The summed E-state index contributed by atoms with van der Waals surface area (Å²) in [4.78, 5) is 11.0. The van der Waals surface area contributed by atoms with Crippen molar-refractivity contribution in [3.05, 3.63) is 47.2 Å². The number of anilines is 2. The zero-order valence-electron chi connectivity index (χ0n) is 11.1. The lowest BCUT2D eigenvalue weighted by Crippen LogP contribution is -2.10. The van der Waals surface area contributed by atoms with Crippen LogP contribution in [-0.4, -0.2) is 11.1 Å². The number of hydrogen-bond donors (Lipinski definition) is 3. The third-order valence-corrected chi connectivity index (χ3v) is 2.93. The van der Waals surface area contributed by atoms with Gasteiger partial charge in [-0.15, -0.1) is 0 Å². The van der Waals surface area contributed by atoms with Crippen molar-refractivity contribution in [1.29, 1.82) is 0 Å². The van der Waals surface area contributed by atoms with Crippen molar-refractivity contribution in [3.63, 3.8) is 0 Å². The van der Waals surface area contributed by atoms with Gasteiger partial charge in [0.2, 0.25) is 0 Å². The van der Waals surface area contributed by atoms with Crippen molar-refractivity contribution in [1.82, 2.24) is 0 Å². The van der Waals surface area contributed by atoms with Crippen LogP contribution in [0.5, 0.6) is 0 Å². The van der Waals surface area contributed by atoms with E-state index in [1.165, 1.54) is 6.07 Å². The molecule has 20 heavy (non-hydrogen) atoms. The molecule has 1 heterocycles. The average molecular weight is 278 g/mol. The minimum atomic E-state index is -1.20. The molecule has 0 fully saturated rings. The highest BCUT2D eigenvalue weighted by atomic mass is 19.1. The van der Waals surface area contributed by atoms with Crippen molar-refractivity contribution >= 4 is 17.3 Å². The van der Waals surface area contributed by atoms with Gasteiger partial charge in [0.25, 0.3) is 0 Å². The van der Waals surface area contributed by atoms with Crippen LogP contribution in [0.15, 0.2) is 28.7 Å². The van der Waals surface area contributed by atoms with Crippen molar-refractivity contribution < 1.29 is 18.7 Å². The Morgan fingerprint density at radius 3 is 2.70 bits per heavy atom. The minimum Gasteiger partial charge on any atom is -0.478 e. The lowest BCUT2D eigenvalue weighted by Gasteiger charge is -2.15. The molecular weight excluding hydrogens is 263 g/mol. The third kappa shape index (κ3) is 2.74. The Labute approximate surface area is 115 Å². The zero-order chi connectivity index (χ0) is 14.9. The summed E-state index contributed by atoms with van der Waals surface area (Å²) in [6, 6.07) is 5.45. The molecule has 1 unspecified atom stereocenters. The van der Waals surface area contributed by atoms with E-state index in [0.29, 0.717) is 5.76 Å². The number of hydrogen-bond acceptors (Lipinski definition) is 4. The normalized spacial score (nSPS) is 12.2. The second-order valence-electron chi connectivity index (χ2n) is 4.54. The standard InChI is InChI=1S/C14H15FN2O3/c1-7-3-4-13(20-7)8(2)17-12-5-9(14(18)19)11(16)6-10(12)15/h3-6,8,17H,16H2,1-2H3,(H,18,19). The maximum absolute atomic E-state index is 13.8. The molecule has 0 spiro atoms. The van der Waals surface area contributed by atoms with Crippen LogP contribution < -0.4 is 11.1 Å². The van der Waals surface area contributed by atoms with E-state index in [2.05, 4.69) is 5.32 Å². The van der Waals surface area contributed by atoms with Gasteiger partial charge in [0.1, 0.15) is 17.3 Å². The number of rotatable bonds is 4. The second-order valence-corrected chi connectivity index (χ2v) is 4.54. The van der Waals surface area contributed by atoms with Gasteiger partial charge in [-0.05, 0) is 38.1 Å². The van der Waals surface area contributed by atoms with Crippen molar-refractivity contribution in [2.24, 2.45) is 0 Å². The number of nitrogens with two attached hydrogens (primary N) is 1. The lowest BCUT2D eigenvalue weighted by atomic mass is 10.1. The van der Waals surface area contributed by atoms with Crippen molar-refractivity contribution in [3.8, 4) is 0 Å². The van der Waals surface area contributed by atoms with Gasteiger partial charge < -0.3 is 20.6 Å². The smallest absolute Gasteiger partial charge is 0.337 e. The summed E-state index contributed by atoms with van der Waals surface area (Å²) in [5, 5.41) is 11.9. The molecule has 2 rings (SSSR count). The van der Waals surface area contributed by atoms with Crippen LogP contribution in [-0.2, 0) is 0 Å². The van der Waals surface area contributed by atoms with E-state index in [-0.39, 0.29) is 23.0 Å². The summed E-state index contributed by atoms with van der Waals surface area (Å²) in [5.74, 6) is -0.428. The maximum atomic E-state index is 13.8. The Bertz CT molecular complexity index is 652. The molecule has 2 aromatic rings. The fourth-order valence-electron chi connectivity index (χ4n) is 1.87. The van der Waals surface area contributed by atoms with Crippen LogP contribution in [0, 0.1) is 12.7 Å². The first-order valence-corrected chi connectivity index (χ1v) is 6.03. The van der Waals surface area contributed by atoms with Crippen LogP contribution in [0.2, 0.25) is 0 Å². The zero-order valence-corrected chi connectivity index (χ0v) is 11.1. The summed E-state index contributed by atoms with van der Waals surface area (Å²) in [6.07, 6.45) is 0. The maximum Gasteiger partial charge on any atom is 0.337 e. The van der Waals surface area contributed by atoms with Gasteiger partial charge in [-0.1, -0.05) is 0 Å². The van der Waals surface area contributed by atoms with Crippen LogP contribution in [0.3, 0.4) is 0 Å². The van der Waals surface area contributed by atoms with E-state index >= 15 is 0 Å². The van der Waals surface area contributed by atoms with Gasteiger partial charge in [0, 0.05) is 5.69 Å². The molecule has 1 atom stereocenters. The Morgan fingerprint density at radius 1 is 1.45 bits per heavy atom. The highest BCUT2D eigenvalue weighted by molar-refractivity contribution is 5.94. The fraction of sp³-hybridized carbons (Fsp3) is 0.214. The molecule has 0 amide bonds. The quantitative estimate of drug-likeness (QED) is 0.747. The number of carbonyl (C=O) groups is 1. The third-order valence-electron chi connectivity index (χ3n) is 2.93. The monoisotopic (exact) mass is 278 g/mol. The summed E-state index contributed by atoms with van der Waals surface area (Å²) >= 11 is 0. The highest BCUT2D eigenvalue weighted by Gasteiger charge is 2.16. The van der Waals surface area contributed by atoms with Crippen molar-refractivity contribution in [2.75, 3.05) is 11.1 Å². The number of carboxylic acids is 1. The van der Waals surface area contributed by atoms with E-state index in [4.69, 9.17) is 15.3 Å². The molecular formula is C14H15FN2O3. The van der Waals surface area contributed by atoms with E-state index in [9.17, 15) is 9.18 Å². The van der Waals surface area contributed by atoms with Crippen LogP contribution in [0.25, 0.3) is 0 Å². The first-order chi connectivity index (χ1) is 9.38. The second kappa shape index (κ2) is 5.24. The van der Waals surface area contributed by atoms with Gasteiger partial charge in [0.05, 0.1) is 17.3 Å². The number of carboxylic acid groups (broad SMARTS) is 1. The molecule has 1 aromatic carbocycles. The van der Waals surface area contributed by atoms with Crippen molar-refractivity contribution in [2.45, 2.75) is 19.9 Å². The molecule has 5 nitrogen and oxygen atoms in total. The van der Waals surface area contributed by atoms with E-state index in [1.54, 1.807) is 19.1 Å². The molecule has 0 radical (unpaired) electrons. The number of nitrogens with one attached hydrogen (secondary N) is 1. The summed E-state index contributed by atoms with van der Waals surface area (Å²) in [7, 11) is 0. The van der Waals surface area contributed by atoms with Gasteiger partial charge >= 0.3 is 5.97 Å². The first kappa shape index (κ1) is 13.9. The molecule has 0 aliphatic rings. The molecule has 0 saturated carbocycles. The predicted octanol–water partition coefficient (Wildman–Crippen LogP) is 3.18. The van der Waals surface area contributed by atoms with Gasteiger partial charge in [-0.2, -0.15) is 0 Å². The van der Waals surface area contributed by atoms with Gasteiger partial charge in [0.15, 0.2) is 0 Å². The summed E-state index contributed by atoms with van der Waals surface area (Å²) in [6.45, 7) is 3.59. The fourth-order valence-corrected chi connectivity index (χ4v) is 1.87. The SMILES string of the molecule is Cc1ccc(C(C)Nc2cc(C(=O)O)c(N)cc2F)o1. The minimum absolute atomic E-state index is 0.0677. The van der Waals surface area contributed by atoms with E-state index in [1.807, 2.05) is 6.92 Å². The van der Waals surface area contributed by atoms with Gasteiger partial charge in [-0.25, -0.2) is 9.18 Å². The van der Waals surface area contributed by atoms with Gasteiger partial charge in [-0.3, -0.25) is 0 Å². The number of nitrogen functional groups attached to an aromatic ring is 1. The average Bonchev–Trinajstić information content (AvgIpc) is 2.79. The molecule has 1 aromatic heterocycles. The first-order valence-electron chi connectivity index (χ1n) is 6.03. The molecule has 6 heteroatoms. The van der Waals surface area contributed by atoms with Crippen LogP contribution in [0.4, 0.5) is 15.8 Å². The Hall–Kier alpha value is -2.50. The molecule has 0 aliphatic carbocycles. The van der Waals surface area contributed by atoms with Crippen LogP contribution in [0.1, 0.15) is 34.8 Å². The number of aromatic carboxylic acids is 1. The van der Waals surface area contributed by atoms with E-state index < -0.39 is 11.8 Å². The Kier molecular flexibility index (Phi) is 3.65.